The highest BCUT2D eigenvalue weighted by Crippen LogP contribution is 2.20. The highest BCUT2D eigenvalue weighted by atomic mass is 32.2. The van der Waals surface area contributed by atoms with Gasteiger partial charge < -0.3 is 9.84 Å². The van der Waals surface area contributed by atoms with Crippen molar-refractivity contribution in [3.05, 3.63) is 59.9 Å². The quantitative estimate of drug-likeness (QED) is 0.824. The van der Waals surface area contributed by atoms with Crippen LogP contribution in [-0.4, -0.2) is 23.6 Å². The van der Waals surface area contributed by atoms with Crippen LogP contribution in [0.2, 0.25) is 0 Å². The average molecular weight is 292 g/mol. The molecule has 4 heteroatoms. The van der Waals surface area contributed by atoms with Crippen molar-refractivity contribution in [1.82, 2.24) is 0 Å². The Morgan fingerprint density at radius 2 is 1.85 bits per heavy atom. The Hall–Kier alpha value is -1.52. The number of hydrogen-bond donors (Lipinski definition) is 1. The van der Waals surface area contributed by atoms with Gasteiger partial charge in [0.1, 0.15) is 18.2 Å². The van der Waals surface area contributed by atoms with Crippen LogP contribution in [0.1, 0.15) is 5.56 Å². The lowest BCUT2D eigenvalue weighted by Gasteiger charge is -2.13. The summed E-state index contributed by atoms with van der Waals surface area (Å²) < 4.78 is 18.3. The first-order chi connectivity index (χ1) is 9.65. The molecule has 106 valence electrons. The average Bonchev–Trinajstić information content (AvgIpc) is 2.46. The minimum atomic E-state index is -0.565. The number of rotatable bonds is 6. The molecule has 2 aromatic carbocycles. The van der Waals surface area contributed by atoms with Gasteiger partial charge in [-0.05, 0) is 42.8 Å². The van der Waals surface area contributed by atoms with E-state index in [2.05, 4.69) is 0 Å². The molecule has 2 nitrogen and oxygen atoms in total. The van der Waals surface area contributed by atoms with Gasteiger partial charge in [0.25, 0.3) is 0 Å². The number of hydrogen-bond acceptors (Lipinski definition) is 3. The zero-order chi connectivity index (χ0) is 14.4. The highest BCUT2D eigenvalue weighted by Gasteiger charge is 2.07. The molecule has 0 aliphatic heterocycles. The standard InChI is InChI=1S/C16H17FO2S/c1-12-4-2-3-5-16(12)19-10-14(18)11-20-15-8-6-13(17)7-9-15/h2-9,14,18H,10-11H2,1H3. The maximum absolute atomic E-state index is 12.8. The van der Waals surface area contributed by atoms with E-state index >= 15 is 0 Å². The second-order valence-corrected chi connectivity index (χ2v) is 5.59. The van der Waals surface area contributed by atoms with Crippen molar-refractivity contribution < 1.29 is 14.2 Å². The smallest absolute Gasteiger partial charge is 0.123 e. The van der Waals surface area contributed by atoms with Crippen molar-refractivity contribution in [3.63, 3.8) is 0 Å². The van der Waals surface area contributed by atoms with E-state index in [0.29, 0.717) is 5.75 Å². The molecule has 2 aromatic rings. The molecule has 0 bridgehead atoms. The highest BCUT2D eigenvalue weighted by molar-refractivity contribution is 7.99. The molecule has 0 fully saturated rings. The Bertz CT molecular complexity index is 542. The van der Waals surface area contributed by atoms with Crippen LogP contribution in [0.15, 0.2) is 53.4 Å². The molecule has 2 rings (SSSR count). The van der Waals surface area contributed by atoms with Crippen molar-refractivity contribution in [1.29, 1.82) is 0 Å². The van der Waals surface area contributed by atoms with Crippen LogP contribution in [0.4, 0.5) is 4.39 Å². The summed E-state index contributed by atoms with van der Waals surface area (Å²) in [6.45, 7) is 2.22. The third-order valence-corrected chi connectivity index (χ3v) is 3.94. The lowest BCUT2D eigenvalue weighted by atomic mass is 10.2. The Kier molecular flexibility index (Phi) is 5.44. The SMILES string of the molecule is Cc1ccccc1OCC(O)CSc1ccc(F)cc1. The fourth-order valence-electron chi connectivity index (χ4n) is 1.68. The first-order valence-corrected chi connectivity index (χ1v) is 7.38. The predicted octanol–water partition coefficient (Wildman–Crippen LogP) is 3.67. The Labute approximate surface area is 122 Å². The van der Waals surface area contributed by atoms with Gasteiger partial charge in [-0.15, -0.1) is 11.8 Å². The number of aryl methyl sites for hydroxylation is 1. The summed E-state index contributed by atoms with van der Waals surface area (Å²) in [5.41, 5.74) is 1.05. The summed E-state index contributed by atoms with van der Waals surface area (Å²) in [7, 11) is 0. The number of aliphatic hydroxyl groups excluding tert-OH is 1. The summed E-state index contributed by atoms with van der Waals surface area (Å²) in [4.78, 5) is 0.932. The molecule has 0 radical (unpaired) electrons. The molecule has 0 heterocycles. The predicted molar refractivity (Wildman–Crippen MR) is 79.8 cm³/mol. The van der Waals surface area contributed by atoms with Crippen molar-refractivity contribution in [2.24, 2.45) is 0 Å². The van der Waals surface area contributed by atoms with E-state index in [1.165, 1.54) is 23.9 Å². The van der Waals surface area contributed by atoms with E-state index in [4.69, 9.17) is 4.74 Å². The topological polar surface area (TPSA) is 29.5 Å². The van der Waals surface area contributed by atoms with Gasteiger partial charge >= 0.3 is 0 Å². The Balaban J connectivity index is 1.77. The van der Waals surface area contributed by atoms with Crippen LogP contribution in [0.3, 0.4) is 0 Å². The van der Waals surface area contributed by atoms with Crippen LogP contribution in [0, 0.1) is 12.7 Å². The van der Waals surface area contributed by atoms with Crippen LogP contribution in [-0.2, 0) is 0 Å². The molecule has 0 aliphatic carbocycles. The van der Waals surface area contributed by atoms with E-state index < -0.39 is 6.10 Å². The lowest BCUT2D eigenvalue weighted by Crippen LogP contribution is -2.20. The fourth-order valence-corrected chi connectivity index (χ4v) is 2.49. The molecule has 1 N–H and O–H groups in total. The van der Waals surface area contributed by atoms with Crippen LogP contribution >= 0.6 is 11.8 Å². The third-order valence-electron chi connectivity index (χ3n) is 2.78. The number of halogens is 1. The normalized spacial score (nSPS) is 12.2. The maximum atomic E-state index is 12.8. The summed E-state index contributed by atoms with van der Waals surface area (Å²) in [5, 5.41) is 9.90. The molecule has 1 atom stereocenters. The lowest BCUT2D eigenvalue weighted by molar-refractivity contribution is 0.126. The second-order valence-electron chi connectivity index (χ2n) is 4.50. The van der Waals surface area contributed by atoms with Gasteiger partial charge in [0.05, 0.1) is 6.10 Å². The first-order valence-electron chi connectivity index (χ1n) is 6.40. The van der Waals surface area contributed by atoms with E-state index in [-0.39, 0.29) is 12.4 Å². The summed E-state index contributed by atoms with van der Waals surface area (Å²) in [5.74, 6) is 1.05. The van der Waals surface area contributed by atoms with Gasteiger partial charge in [-0.3, -0.25) is 0 Å². The van der Waals surface area contributed by atoms with E-state index in [9.17, 15) is 9.50 Å². The van der Waals surface area contributed by atoms with Gasteiger partial charge in [0, 0.05) is 10.6 Å². The molecule has 0 aromatic heterocycles. The molecule has 0 saturated carbocycles. The summed E-state index contributed by atoms with van der Waals surface area (Å²) in [6, 6.07) is 13.9. The minimum absolute atomic E-state index is 0.249. The van der Waals surface area contributed by atoms with Crippen molar-refractivity contribution in [3.8, 4) is 5.75 Å². The molecular formula is C16H17FO2S. The number of aliphatic hydroxyl groups is 1. The summed E-state index contributed by atoms with van der Waals surface area (Å²) >= 11 is 1.48. The van der Waals surface area contributed by atoms with Gasteiger partial charge in [-0.25, -0.2) is 4.39 Å². The molecule has 0 amide bonds. The fraction of sp³-hybridized carbons (Fsp3) is 0.250. The molecule has 0 aliphatic rings. The van der Waals surface area contributed by atoms with Crippen LogP contribution in [0.5, 0.6) is 5.75 Å². The third kappa shape index (κ3) is 4.54. The van der Waals surface area contributed by atoms with Crippen molar-refractivity contribution >= 4 is 11.8 Å². The van der Waals surface area contributed by atoms with Gasteiger partial charge in [-0.1, -0.05) is 18.2 Å². The number of benzene rings is 2. The van der Waals surface area contributed by atoms with Gasteiger partial charge in [-0.2, -0.15) is 0 Å². The van der Waals surface area contributed by atoms with Gasteiger partial charge in [0.15, 0.2) is 0 Å². The number of thioether (sulfide) groups is 1. The molecule has 0 saturated heterocycles. The minimum Gasteiger partial charge on any atom is -0.491 e. The molecule has 20 heavy (non-hydrogen) atoms. The van der Waals surface area contributed by atoms with Crippen LogP contribution in [0.25, 0.3) is 0 Å². The Morgan fingerprint density at radius 3 is 2.55 bits per heavy atom. The largest absolute Gasteiger partial charge is 0.491 e. The van der Waals surface area contributed by atoms with Crippen molar-refractivity contribution in [2.75, 3.05) is 12.4 Å². The number of para-hydroxylation sites is 1. The number of ether oxygens (including phenoxy) is 1. The summed E-state index contributed by atoms with van der Waals surface area (Å²) in [6.07, 6.45) is -0.565. The molecule has 0 spiro atoms. The van der Waals surface area contributed by atoms with Crippen LogP contribution < -0.4 is 4.74 Å². The van der Waals surface area contributed by atoms with E-state index in [0.717, 1.165) is 16.2 Å². The first kappa shape index (κ1) is 14.9. The van der Waals surface area contributed by atoms with E-state index in [1.807, 2.05) is 31.2 Å². The molecule has 1 unspecified atom stereocenters. The monoisotopic (exact) mass is 292 g/mol. The van der Waals surface area contributed by atoms with E-state index in [1.54, 1.807) is 12.1 Å². The zero-order valence-corrected chi connectivity index (χ0v) is 12.1. The maximum Gasteiger partial charge on any atom is 0.123 e. The van der Waals surface area contributed by atoms with Gasteiger partial charge in [0.2, 0.25) is 0 Å². The second kappa shape index (κ2) is 7.31. The zero-order valence-electron chi connectivity index (χ0n) is 11.3. The molecular weight excluding hydrogens is 275 g/mol. The Morgan fingerprint density at radius 1 is 1.15 bits per heavy atom. The van der Waals surface area contributed by atoms with Crippen molar-refractivity contribution in [2.45, 2.75) is 17.9 Å².